The number of nitrogens with one attached hydrogen (secondary N) is 1. The molecule has 0 atom stereocenters. The molecule has 1 N–H and O–H groups in total. The number of fused-ring (bicyclic) bond motifs is 2. The summed E-state index contributed by atoms with van der Waals surface area (Å²) in [4.78, 5) is 14.7. The standard InChI is InChI=1S/C23H29N3O5S/c1-25(32(28,29)20-7-8-21-22(15-20)31-14-4-13-30-21)17-23(27)24-10-12-26-11-9-18-5-2-3-6-19(18)16-26/h2-3,5-8,15H,4,9-14,16-17H2,1H3,(H,24,27). The van der Waals surface area contributed by atoms with E-state index in [2.05, 4.69) is 28.4 Å². The zero-order valence-corrected chi connectivity index (χ0v) is 19.1. The highest BCUT2D eigenvalue weighted by molar-refractivity contribution is 7.89. The largest absolute Gasteiger partial charge is 0.490 e. The van der Waals surface area contributed by atoms with E-state index < -0.39 is 10.0 Å². The Labute approximate surface area is 189 Å². The molecule has 172 valence electrons. The van der Waals surface area contributed by atoms with E-state index in [1.54, 1.807) is 6.07 Å². The fraction of sp³-hybridized carbons (Fsp3) is 0.435. The number of rotatable bonds is 7. The van der Waals surface area contributed by atoms with Crippen molar-refractivity contribution in [2.75, 3.05) is 46.4 Å². The number of carbonyl (C=O) groups is 1. The van der Waals surface area contributed by atoms with Gasteiger partial charge >= 0.3 is 0 Å². The van der Waals surface area contributed by atoms with Crippen LogP contribution in [0.25, 0.3) is 0 Å². The van der Waals surface area contributed by atoms with Crippen molar-refractivity contribution in [1.29, 1.82) is 0 Å². The molecule has 0 aliphatic carbocycles. The number of carbonyl (C=O) groups excluding carboxylic acids is 1. The number of amides is 1. The smallest absolute Gasteiger partial charge is 0.243 e. The van der Waals surface area contributed by atoms with Crippen molar-refractivity contribution in [2.45, 2.75) is 24.3 Å². The highest BCUT2D eigenvalue weighted by Gasteiger charge is 2.25. The summed E-state index contributed by atoms with van der Waals surface area (Å²) in [5.74, 6) is 0.606. The van der Waals surface area contributed by atoms with Crippen LogP contribution in [0.4, 0.5) is 0 Å². The Kier molecular flexibility index (Phi) is 6.98. The van der Waals surface area contributed by atoms with E-state index >= 15 is 0 Å². The summed E-state index contributed by atoms with van der Waals surface area (Å²) >= 11 is 0. The minimum atomic E-state index is -3.83. The summed E-state index contributed by atoms with van der Waals surface area (Å²) in [6.07, 6.45) is 1.74. The second kappa shape index (κ2) is 9.89. The lowest BCUT2D eigenvalue weighted by molar-refractivity contribution is -0.121. The maximum Gasteiger partial charge on any atom is 0.243 e. The third-order valence-electron chi connectivity index (χ3n) is 5.75. The lowest BCUT2D eigenvalue weighted by atomic mass is 10.00. The molecule has 2 aliphatic heterocycles. The molecule has 0 aromatic heterocycles. The van der Waals surface area contributed by atoms with Crippen LogP contribution in [0.3, 0.4) is 0 Å². The first-order valence-electron chi connectivity index (χ1n) is 10.9. The minimum Gasteiger partial charge on any atom is -0.490 e. The second-order valence-electron chi connectivity index (χ2n) is 8.06. The maximum atomic E-state index is 12.9. The Morgan fingerprint density at radius 3 is 2.66 bits per heavy atom. The van der Waals surface area contributed by atoms with Crippen LogP contribution >= 0.6 is 0 Å². The van der Waals surface area contributed by atoms with E-state index in [1.807, 2.05) is 6.07 Å². The van der Waals surface area contributed by atoms with Gasteiger partial charge in [-0.3, -0.25) is 9.69 Å². The van der Waals surface area contributed by atoms with Gasteiger partial charge in [0.25, 0.3) is 0 Å². The summed E-state index contributed by atoms with van der Waals surface area (Å²) in [5, 5.41) is 2.84. The molecule has 2 aromatic rings. The summed E-state index contributed by atoms with van der Waals surface area (Å²) in [7, 11) is -2.43. The van der Waals surface area contributed by atoms with Crippen molar-refractivity contribution in [3.05, 3.63) is 53.6 Å². The molecule has 0 bridgehead atoms. The number of ether oxygens (including phenoxy) is 2. The van der Waals surface area contributed by atoms with E-state index in [4.69, 9.17) is 9.47 Å². The fourth-order valence-corrected chi connectivity index (χ4v) is 5.07. The molecule has 0 spiro atoms. The Bertz CT molecular complexity index is 1070. The Morgan fingerprint density at radius 1 is 1.09 bits per heavy atom. The monoisotopic (exact) mass is 459 g/mol. The van der Waals surface area contributed by atoms with Crippen LogP contribution in [0.2, 0.25) is 0 Å². The number of hydrogen-bond acceptors (Lipinski definition) is 6. The number of sulfonamides is 1. The zero-order valence-electron chi connectivity index (χ0n) is 18.2. The van der Waals surface area contributed by atoms with E-state index in [0.717, 1.165) is 36.8 Å². The number of hydrogen-bond donors (Lipinski definition) is 1. The average molecular weight is 460 g/mol. The number of nitrogens with zero attached hydrogens (tertiary/aromatic N) is 2. The molecule has 2 aromatic carbocycles. The molecule has 8 nitrogen and oxygen atoms in total. The van der Waals surface area contributed by atoms with Crippen molar-refractivity contribution in [2.24, 2.45) is 0 Å². The van der Waals surface area contributed by atoms with Crippen molar-refractivity contribution < 1.29 is 22.7 Å². The maximum absolute atomic E-state index is 12.9. The normalized spacial score (nSPS) is 16.3. The molecule has 32 heavy (non-hydrogen) atoms. The predicted octanol–water partition coefficient (Wildman–Crippen LogP) is 1.64. The minimum absolute atomic E-state index is 0.0732. The van der Waals surface area contributed by atoms with Gasteiger partial charge in [-0.15, -0.1) is 0 Å². The van der Waals surface area contributed by atoms with Crippen LogP contribution in [-0.4, -0.2) is 70.0 Å². The Balaban J connectivity index is 1.28. The molecule has 0 saturated heterocycles. The quantitative estimate of drug-likeness (QED) is 0.677. The molecule has 2 aliphatic rings. The van der Waals surface area contributed by atoms with Crippen molar-refractivity contribution >= 4 is 15.9 Å². The van der Waals surface area contributed by atoms with Gasteiger partial charge in [0, 0.05) is 45.7 Å². The molecule has 0 saturated carbocycles. The van der Waals surface area contributed by atoms with Gasteiger partial charge in [-0.05, 0) is 29.7 Å². The Morgan fingerprint density at radius 2 is 1.84 bits per heavy atom. The van der Waals surface area contributed by atoms with Gasteiger partial charge in [0.05, 0.1) is 24.7 Å². The van der Waals surface area contributed by atoms with Gasteiger partial charge in [-0.25, -0.2) is 8.42 Å². The summed E-state index contributed by atoms with van der Waals surface area (Å²) < 4.78 is 38.0. The molecular formula is C23H29N3O5S. The van der Waals surface area contributed by atoms with E-state index in [0.29, 0.717) is 31.3 Å². The number of likely N-dealkylation sites (N-methyl/N-ethyl adjacent to an activating group) is 1. The molecule has 0 radical (unpaired) electrons. The Hall–Kier alpha value is -2.62. The van der Waals surface area contributed by atoms with Gasteiger partial charge in [-0.1, -0.05) is 24.3 Å². The van der Waals surface area contributed by atoms with Gasteiger partial charge in [0.1, 0.15) is 0 Å². The van der Waals surface area contributed by atoms with E-state index in [9.17, 15) is 13.2 Å². The van der Waals surface area contributed by atoms with Crippen LogP contribution in [0.15, 0.2) is 47.4 Å². The fourth-order valence-electron chi connectivity index (χ4n) is 3.93. The highest BCUT2D eigenvalue weighted by atomic mass is 32.2. The van der Waals surface area contributed by atoms with Crippen LogP contribution < -0.4 is 14.8 Å². The summed E-state index contributed by atoms with van der Waals surface area (Å²) in [6.45, 7) is 3.76. The SMILES string of the molecule is CN(CC(=O)NCCN1CCc2ccccc2C1)S(=O)(=O)c1ccc2c(c1)OCCCO2. The van der Waals surface area contributed by atoms with Crippen molar-refractivity contribution in [3.63, 3.8) is 0 Å². The third-order valence-corrected chi connectivity index (χ3v) is 7.55. The summed E-state index contributed by atoms with van der Waals surface area (Å²) in [6, 6.07) is 12.9. The van der Waals surface area contributed by atoms with Gasteiger partial charge < -0.3 is 14.8 Å². The lowest BCUT2D eigenvalue weighted by Crippen LogP contribution is -2.42. The van der Waals surface area contributed by atoms with E-state index in [1.165, 1.54) is 30.3 Å². The van der Waals surface area contributed by atoms with Crippen LogP contribution in [0.5, 0.6) is 11.5 Å². The van der Waals surface area contributed by atoms with Crippen molar-refractivity contribution in [3.8, 4) is 11.5 Å². The van der Waals surface area contributed by atoms with Crippen LogP contribution in [0.1, 0.15) is 17.5 Å². The topological polar surface area (TPSA) is 88.2 Å². The highest BCUT2D eigenvalue weighted by Crippen LogP contribution is 2.32. The molecule has 1 amide bonds. The van der Waals surface area contributed by atoms with Gasteiger partial charge in [-0.2, -0.15) is 4.31 Å². The van der Waals surface area contributed by atoms with Gasteiger partial charge in [0.15, 0.2) is 11.5 Å². The first-order valence-corrected chi connectivity index (χ1v) is 12.3. The number of benzene rings is 2. The first-order chi connectivity index (χ1) is 15.4. The molecular weight excluding hydrogens is 430 g/mol. The molecule has 2 heterocycles. The molecule has 0 fully saturated rings. The van der Waals surface area contributed by atoms with Crippen LogP contribution in [-0.2, 0) is 27.8 Å². The van der Waals surface area contributed by atoms with E-state index in [-0.39, 0.29) is 17.3 Å². The second-order valence-corrected chi connectivity index (χ2v) is 10.1. The molecule has 0 unspecified atom stereocenters. The third kappa shape index (κ3) is 5.23. The lowest BCUT2D eigenvalue weighted by Gasteiger charge is -2.28. The average Bonchev–Trinajstić information content (AvgIpc) is 3.04. The predicted molar refractivity (Wildman–Crippen MR) is 120 cm³/mol. The molecule has 9 heteroatoms. The van der Waals surface area contributed by atoms with Crippen molar-refractivity contribution in [1.82, 2.24) is 14.5 Å². The molecule has 4 rings (SSSR count). The van der Waals surface area contributed by atoms with Crippen LogP contribution in [0, 0.1) is 0 Å². The van der Waals surface area contributed by atoms with Gasteiger partial charge in [0.2, 0.25) is 15.9 Å². The zero-order chi connectivity index (χ0) is 22.6. The first kappa shape index (κ1) is 22.6. The summed E-state index contributed by atoms with van der Waals surface area (Å²) in [5.41, 5.74) is 2.71.